The van der Waals surface area contributed by atoms with Crippen LogP contribution in [-0.2, 0) is 11.8 Å². The summed E-state index contributed by atoms with van der Waals surface area (Å²) in [7, 11) is 1.90. The highest BCUT2D eigenvalue weighted by atomic mass is 19.4. The van der Waals surface area contributed by atoms with Gasteiger partial charge < -0.3 is 10.0 Å². The number of likely N-dealkylation sites (tertiary alicyclic amines) is 1. The van der Waals surface area contributed by atoms with Gasteiger partial charge in [0.15, 0.2) is 0 Å². The lowest BCUT2D eigenvalue weighted by Gasteiger charge is -2.41. The summed E-state index contributed by atoms with van der Waals surface area (Å²) in [6, 6.07) is 2.79. The molecule has 6 heteroatoms. The molecule has 2 nitrogen and oxygen atoms in total. The molecule has 1 aliphatic rings. The molecular weight excluding hydrogens is 274 g/mol. The molecule has 112 valence electrons. The van der Waals surface area contributed by atoms with Crippen molar-refractivity contribution in [3.05, 3.63) is 35.1 Å². The first-order valence-corrected chi connectivity index (χ1v) is 6.43. The van der Waals surface area contributed by atoms with Crippen LogP contribution in [0.15, 0.2) is 18.2 Å². The molecule has 1 aliphatic heterocycles. The van der Waals surface area contributed by atoms with E-state index in [1.165, 1.54) is 6.07 Å². The molecule has 0 bridgehead atoms. The van der Waals surface area contributed by atoms with Crippen molar-refractivity contribution in [3.63, 3.8) is 0 Å². The van der Waals surface area contributed by atoms with E-state index >= 15 is 0 Å². The maximum Gasteiger partial charge on any atom is 0.419 e. The third-order valence-electron chi connectivity index (χ3n) is 4.07. The van der Waals surface area contributed by atoms with E-state index in [1.54, 1.807) is 0 Å². The van der Waals surface area contributed by atoms with Crippen molar-refractivity contribution in [1.82, 2.24) is 4.90 Å². The Labute approximate surface area is 115 Å². The predicted molar refractivity (Wildman–Crippen MR) is 66.6 cm³/mol. The maximum atomic E-state index is 13.3. The number of benzene rings is 1. The van der Waals surface area contributed by atoms with Crippen molar-refractivity contribution in [2.75, 3.05) is 13.6 Å². The van der Waals surface area contributed by atoms with Crippen LogP contribution in [0, 0.1) is 5.82 Å². The van der Waals surface area contributed by atoms with Gasteiger partial charge in [-0.15, -0.1) is 0 Å². The molecule has 20 heavy (non-hydrogen) atoms. The number of nitrogens with zero attached hydrogens (tertiary/aromatic N) is 1. The highest BCUT2D eigenvalue weighted by molar-refractivity contribution is 5.32. The fourth-order valence-electron chi connectivity index (χ4n) is 2.62. The van der Waals surface area contributed by atoms with E-state index in [0.717, 1.165) is 12.1 Å². The summed E-state index contributed by atoms with van der Waals surface area (Å²) in [5, 5.41) is 10.6. The number of halogens is 4. The van der Waals surface area contributed by atoms with Gasteiger partial charge in [0, 0.05) is 12.6 Å². The molecular formula is C14H17F4NO. The molecule has 2 unspecified atom stereocenters. The minimum Gasteiger partial charge on any atom is -0.385 e. The van der Waals surface area contributed by atoms with Crippen LogP contribution in [0.2, 0.25) is 0 Å². The van der Waals surface area contributed by atoms with Gasteiger partial charge >= 0.3 is 6.18 Å². The molecule has 1 aromatic carbocycles. The van der Waals surface area contributed by atoms with Crippen LogP contribution in [0.5, 0.6) is 0 Å². The lowest BCUT2D eigenvalue weighted by Crippen LogP contribution is -2.46. The van der Waals surface area contributed by atoms with Gasteiger partial charge in [-0.25, -0.2) is 4.39 Å². The molecule has 1 heterocycles. The van der Waals surface area contributed by atoms with Gasteiger partial charge in [-0.2, -0.15) is 13.2 Å². The third-order valence-corrected chi connectivity index (χ3v) is 4.07. The number of piperidine rings is 1. The topological polar surface area (TPSA) is 23.5 Å². The average molecular weight is 291 g/mol. The van der Waals surface area contributed by atoms with Crippen molar-refractivity contribution in [2.45, 2.75) is 37.6 Å². The monoisotopic (exact) mass is 291 g/mol. The van der Waals surface area contributed by atoms with Gasteiger partial charge in [-0.05, 0) is 44.5 Å². The molecule has 2 rings (SSSR count). The van der Waals surface area contributed by atoms with E-state index in [9.17, 15) is 22.7 Å². The van der Waals surface area contributed by atoms with Gasteiger partial charge in [0.05, 0.1) is 11.2 Å². The van der Waals surface area contributed by atoms with Gasteiger partial charge in [0.1, 0.15) is 5.82 Å². The largest absolute Gasteiger partial charge is 0.419 e. The standard InChI is InChI=1S/C14H17F4NO/c1-9-8-13(20,5-6-19(9)2)10-3-4-12(15)11(7-10)14(16,17)18/h3-4,7,9,20H,5-6,8H2,1-2H3. The molecule has 0 aliphatic carbocycles. The summed E-state index contributed by atoms with van der Waals surface area (Å²) in [5.41, 5.74) is -2.53. The van der Waals surface area contributed by atoms with Gasteiger partial charge in [0.2, 0.25) is 0 Å². The number of aliphatic hydroxyl groups is 1. The average Bonchev–Trinajstić information content (AvgIpc) is 2.33. The Kier molecular flexibility index (Phi) is 3.81. The molecule has 2 atom stereocenters. The van der Waals surface area contributed by atoms with Crippen molar-refractivity contribution in [1.29, 1.82) is 0 Å². The zero-order chi connectivity index (χ0) is 15.1. The SMILES string of the molecule is CC1CC(O)(c2ccc(F)c(C(F)(F)F)c2)CCN1C. The second-order valence-corrected chi connectivity index (χ2v) is 5.51. The number of alkyl halides is 3. The Morgan fingerprint density at radius 2 is 2.00 bits per heavy atom. The first-order valence-electron chi connectivity index (χ1n) is 6.43. The minimum absolute atomic E-state index is 0.0492. The zero-order valence-electron chi connectivity index (χ0n) is 11.3. The summed E-state index contributed by atoms with van der Waals surface area (Å²) in [6.45, 7) is 2.48. The van der Waals surface area contributed by atoms with E-state index < -0.39 is 23.2 Å². The lowest BCUT2D eigenvalue weighted by molar-refractivity contribution is -0.140. The molecule has 0 saturated carbocycles. The van der Waals surface area contributed by atoms with Crippen molar-refractivity contribution >= 4 is 0 Å². The van der Waals surface area contributed by atoms with E-state index in [0.29, 0.717) is 19.4 Å². The Morgan fingerprint density at radius 3 is 2.55 bits per heavy atom. The highest BCUT2D eigenvalue weighted by Gasteiger charge is 2.40. The second-order valence-electron chi connectivity index (χ2n) is 5.51. The fourth-order valence-corrected chi connectivity index (χ4v) is 2.62. The molecule has 1 saturated heterocycles. The van der Waals surface area contributed by atoms with Crippen LogP contribution in [0.25, 0.3) is 0 Å². The summed E-state index contributed by atoms with van der Waals surface area (Å²) < 4.78 is 51.5. The first-order chi connectivity index (χ1) is 9.13. The number of hydrogen-bond donors (Lipinski definition) is 1. The summed E-state index contributed by atoms with van der Waals surface area (Å²) in [5.74, 6) is -1.31. The lowest BCUT2D eigenvalue weighted by atomic mass is 9.81. The zero-order valence-corrected chi connectivity index (χ0v) is 11.3. The Hall–Kier alpha value is -1.14. The summed E-state index contributed by atoms with van der Waals surface area (Å²) in [4.78, 5) is 2.03. The summed E-state index contributed by atoms with van der Waals surface area (Å²) >= 11 is 0. The van der Waals surface area contributed by atoms with E-state index in [1.807, 2.05) is 18.9 Å². The van der Waals surface area contributed by atoms with Crippen molar-refractivity contribution in [3.8, 4) is 0 Å². The van der Waals surface area contributed by atoms with Crippen LogP contribution in [0.3, 0.4) is 0 Å². The molecule has 1 N–H and O–H groups in total. The smallest absolute Gasteiger partial charge is 0.385 e. The molecule has 1 fully saturated rings. The van der Waals surface area contributed by atoms with Crippen LogP contribution in [0.1, 0.15) is 30.9 Å². The van der Waals surface area contributed by atoms with Gasteiger partial charge in [-0.3, -0.25) is 0 Å². The molecule has 1 aromatic rings. The Morgan fingerprint density at radius 1 is 1.35 bits per heavy atom. The van der Waals surface area contributed by atoms with Gasteiger partial charge in [0.25, 0.3) is 0 Å². The third kappa shape index (κ3) is 2.81. The molecule has 0 amide bonds. The van der Waals surface area contributed by atoms with Crippen LogP contribution in [0.4, 0.5) is 17.6 Å². The molecule has 0 aromatic heterocycles. The molecule has 0 spiro atoms. The van der Waals surface area contributed by atoms with Crippen LogP contribution >= 0.6 is 0 Å². The van der Waals surface area contributed by atoms with Crippen LogP contribution < -0.4 is 0 Å². The fraction of sp³-hybridized carbons (Fsp3) is 0.571. The molecule has 0 radical (unpaired) electrons. The van der Waals surface area contributed by atoms with Crippen molar-refractivity contribution < 1.29 is 22.7 Å². The minimum atomic E-state index is -4.76. The quantitative estimate of drug-likeness (QED) is 0.804. The number of rotatable bonds is 1. The van der Waals surface area contributed by atoms with Crippen LogP contribution in [-0.4, -0.2) is 29.6 Å². The first kappa shape index (κ1) is 15.3. The van der Waals surface area contributed by atoms with Crippen molar-refractivity contribution in [2.24, 2.45) is 0 Å². The normalized spacial score (nSPS) is 28.6. The van der Waals surface area contributed by atoms with E-state index in [4.69, 9.17) is 0 Å². The Balaban J connectivity index is 2.38. The maximum absolute atomic E-state index is 13.3. The Bertz CT molecular complexity index is 502. The van der Waals surface area contributed by atoms with E-state index in [2.05, 4.69) is 0 Å². The second kappa shape index (κ2) is 5.00. The highest BCUT2D eigenvalue weighted by Crippen LogP contribution is 2.39. The number of hydrogen-bond acceptors (Lipinski definition) is 2. The predicted octanol–water partition coefficient (Wildman–Crippen LogP) is 3.15. The van der Waals surface area contributed by atoms with E-state index in [-0.39, 0.29) is 11.6 Å². The summed E-state index contributed by atoms with van der Waals surface area (Å²) in [6.07, 6.45) is -4.10. The van der Waals surface area contributed by atoms with Gasteiger partial charge in [-0.1, -0.05) is 6.07 Å².